The van der Waals surface area contributed by atoms with E-state index < -0.39 is 0 Å². The van der Waals surface area contributed by atoms with Crippen molar-refractivity contribution in [1.82, 2.24) is 0 Å². The molecule has 0 aromatic heterocycles. The summed E-state index contributed by atoms with van der Waals surface area (Å²) >= 11 is 0. The summed E-state index contributed by atoms with van der Waals surface area (Å²) in [5.41, 5.74) is 1.47. The summed E-state index contributed by atoms with van der Waals surface area (Å²) in [7, 11) is 0. The van der Waals surface area contributed by atoms with Gasteiger partial charge in [0.2, 0.25) is 0 Å². The minimum absolute atomic E-state index is 0.519. The highest BCUT2D eigenvalue weighted by Crippen LogP contribution is 2.66. The van der Waals surface area contributed by atoms with Gasteiger partial charge in [0.15, 0.2) is 0 Å². The van der Waals surface area contributed by atoms with Crippen molar-refractivity contribution < 1.29 is 4.79 Å². The molecule has 3 fully saturated rings. The molecule has 5 unspecified atom stereocenters. The van der Waals surface area contributed by atoms with E-state index in [4.69, 9.17) is 0 Å². The lowest BCUT2D eigenvalue weighted by Crippen LogP contribution is -2.60. The van der Waals surface area contributed by atoms with Crippen LogP contribution in [-0.2, 0) is 4.79 Å². The molecule has 15 heavy (non-hydrogen) atoms. The Kier molecular flexibility index (Phi) is 1.90. The molecule has 3 aliphatic carbocycles. The van der Waals surface area contributed by atoms with Gasteiger partial charge < -0.3 is 0 Å². The molecule has 0 aromatic rings. The van der Waals surface area contributed by atoms with Crippen molar-refractivity contribution in [2.75, 3.05) is 0 Å². The zero-order chi connectivity index (χ0) is 10.7. The van der Waals surface area contributed by atoms with Gasteiger partial charge in [-0.2, -0.15) is 0 Å². The number of hydrogen-bond donors (Lipinski definition) is 0. The maximum absolute atomic E-state index is 11.7. The molecule has 3 rings (SSSR count). The fourth-order valence-corrected chi connectivity index (χ4v) is 4.39. The van der Waals surface area contributed by atoms with E-state index in [-0.39, 0.29) is 0 Å². The third kappa shape index (κ3) is 1.12. The third-order valence-corrected chi connectivity index (χ3v) is 5.17. The van der Waals surface area contributed by atoms with Crippen LogP contribution in [0.25, 0.3) is 0 Å². The number of Topliss-reactive ketones (excluding diaryl/α,β-unsaturated/α-hetero) is 1. The van der Waals surface area contributed by atoms with Crippen LogP contribution in [0.1, 0.15) is 33.1 Å². The number of hydrogen-bond acceptors (Lipinski definition) is 1. The van der Waals surface area contributed by atoms with Crippen LogP contribution in [0.5, 0.6) is 0 Å². The van der Waals surface area contributed by atoms with Crippen LogP contribution in [0.15, 0.2) is 12.2 Å². The first-order valence-corrected chi connectivity index (χ1v) is 6.29. The largest absolute Gasteiger partial charge is 0.300 e. The average molecular weight is 204 g/mol. The minimum atomic E-state index is 0.519. The van der Waals surface area contributed by atoms with E-state index in [0.29, 0.717) is 17.6 Å². The Morgan fingerprint density at radius 2 is 1.93 bits per heavy atom. The summed E-state index contributed by atoms with van der Waals surface area (Å²) < 4.78 is 0. The van der Waals surface area contributed by atoms with Crippen LogP contribution in [0.4, 0.5) is 0 Å². The smallest absolute Gasteiger partial charge is 0.133 e. The monoisotopic (exact) mass is 204 g/mol. The second kappa shape index (κ2) is 2.96. The lowest BCUT2D eigenvalue weighted by molar-refractivity contribution is -0.150. The molecule has 0 radical (unpaired) electrons. The van der Waals surface area contributed by atoms with Gasteiger partial charge >= 0.3 is 0 Å². The summed E-state index contributed by atoms with van der Waals surface area (Å²) in [5.74, 6) is 5.02. The summed E-state index contributed by atoms with van der Waals surface area (Å²) in [6, 6.07) is 0. The summed E-state index contributed by atoms with van der Waals surface area (Å²) in [6.07, 6.45) is 2.93. The maximum Gasteiger partial charge on any atom is 0.133 e. The lowest BCUT2D eigenvalue weighted by atomic mass is 9.39. The van der Waals surface area contributed by atoms with E-state index in [9.17, 15) is 4.79 Å². The van der Waals surface area contributed by atoms with E-state index in [1.807, 2.05) is 0 Å². The fourth-order valence-electron chi connectivity index (χ4n) is 4.39. The molecule has 1 nitrogen and oxygen atoms in total. The molecule has 0 aromatic carbocycles. The average Bonchev–Trinajstić information content (AvgIpc) is 2.14. The molecule has 5 atom stereocenters. The van der Waals surface area contributed by atoms with Gasteiger partial charge in [0, 0.05) is 12.8 Å². The second-order valence-corrected chi connectivity index (χ2v) is 6.15. The van der Waals surface area contributed by atoms with Crippen molar-refractivity contribution in [1.29, 1.82) is 0 Å². The van der Waals surface area contributed by atoms with Crippen molar-refractivity contribution in [2.45, 2.75) is 33.1 Å². The normalized spacial score (nSPS) is 48.1. The molecule has 3 saturated carbocycles. The van der Waals surface area contributed by atoms with Crippen molar-refractivity contribution in [3.8, 4) is 0 Å². The van der Waals surface area contributed by atoms with Crippen LogP contribution < -0.4 is 0 Å². The molecule has 0 aliphatic heterocycles. The number of ketones is 1. The topological polar surface area (TPSA) is 17.1 Å². The molecule has 0 amide bonds. The summed E-state index contributed by atoms with van der Waals surface area (Å²) in [6.45, 7) is 8.71. The zero-order valence-electron chi connectivity index (χ0n) is 9.70. The molecule has 0 heterocycles. The van der Waals surface area contributed by atoms with E-state index >= 15 is 0 Å². The molecule has 0 N–H and O–H groups in total. The van der Waals surface area contributed by atoms with Gasteiger partial charge in [0.25, 0.3) is 0 Å². The lowest BCUT2D eigenvalue weighted by Gasteiger charge is -2.65. The Labute approximate surface area is 91.9 Å². The molecule has 0 bridgehead atoms. The first kappa shape index (κ1) is 9.62. The second-order valence-electron chi connectivity index (χ2n) is 6.15. The van der Waals surface area contributed by atoms with Crippen LogP contribution in [0.2, 0.25) is 0 Å². The number of rotatable bonds is 1. The SMILES string of the molecule is C=C1CC2C3CC(=O)CC(C(C)C)C3C12. The van der Waals surface area contributed by atoms with E-state index in [1.54, 1.807) is 0 Å². The Morgan fingerprint density at radius 3 is 2.53 bits per heavy atom. The van der Waals surface area contributed by atoms with Gasteiger partial charge in [0.1, 0.15) is 5.78 Å². The molecule has 3 aliphatic rings. The van der Waals surface area contributed by atoms with E-state index in [0.717, 1.165) is 36.5 Å². The zero-order valence-corrected chi connectivity index (χ0v) is 9.70. The van der Waals surface area contributed by atoms with Crippen LogP contribution in [0.3, 0.4) is 0 Å². The van der Waals surface area contributed by atoms with Crippen LogP contribution in [0, 0.1) is 35.5 Å². The summed E-state index contributed by atoms with van der Waals surface area (Å²) in [5, 5.41) is 0. The summed E-state index contributed by atoms with van der Waals surface area (Å²) in [4.78, 5) is 11.7. The van der Waals surface area contributed by atoms with Gasteiger partial charge in [-0.1, -0.05) is 26.0 Å². The Balaban J connectivity index is 1.84. The van der Waals surface area contributed by atoms with Crippen molar-refractivity contribution in [3.05, 3.63) is 12.2 Å². The predicted molar refractivity (Wildman–Crippen MR) is 60.3 cm³/mol. The molecular formula is C14H20O. The van der Waals surface area contributed by atoms with Gasteiger partial charge in [-0.15, -0.1) is 0 Å². The minimum Gasteiger partial charge on any atom is -0.300 e. The Bertz CT molecular complexity index is 328. The first-order valence-electron chi connectivity index (χ1n) is 6.29. The van der Waals surface area contributed by atoms with E-state index in [1.165, 1.54) is 12.0 Å². The quantitative estimate of drug-likeness (QED) is 0.600. The van der Waals surface area contributed by atoms with Gasteiger partial charge in [-0.3, -0.25) is 4.79 Å². The first-order chi connectivity index (χ1) is 7.09. The Morgan fingerprint density at radius 1 is 1.20 bits per heavy atom. The number of allylic oxidation sites excluding steroid dienone is 1. The fraction of sp³-hybridized carbons (Fsp3) is 0.786. The van der Waals surface area contributed by atoms with Gasteiger partial charge in [-0.25, -0.2) is 0 Å². The molecule has 0 spiro atoms. The number of carbonyl (C=O) groups excluding carboxylic acids is 1. The standard InChI is InChI=1S/C14H20O/c1-7(2)10-5-9(15)6-12-11-4-8(3)13(11)14(10)12/h7,10-14H,3-6H2,1-2H3. The highest BCUT2D eigenvalue weighted by Gasteiger charge is 2.61. The molecule has 1 heteroatoms. The number of fused-ring (bicyclic) bond motifs is 4. The Hall–Kier alpha value is -0.590. The maximum atomic E-state index is 11.7. The highest BCUT2D eigenvalue weighted by atomic mass is 16.1. The predicted octanol–water partition coefficient (Wildman–Crippen LogP) is 3.06. The van der Waals surface area contributed by atoms with Crippen LogP contribution in [-0.4, -0.2) is 5.78 Å². The third-order valence-electron chi connectivity index (χ3n) is 5.17. The molecular weight excluding hydrogens is 184 g/mol. The number of carbonyl (C=O) groups is 1. The van der Waals surface area contributed by atoms with Crippen molar-refractivity contribution >= 4 is 5.78 Å². The van der Waals surface area contributed by atoms with E-state index in [2.05, 4.69) is 20.4 Å². The highest BCUT2D eigenvalue weighted by molar-refractivity contribution is 5.80. The van der Waals surface area contributed by atoms with Gasteiger partial charge in [0.05, 0.1) is 0 Å². The van der Waals surface area contributed by atoms with Crippen molar-refractivity contribution in [2.24, 2.45) is 35.5 Å². The van der Waals surface area contributed by atoms with Gasteiger partial charge in [-0.05, 0) is 41.9 Å². The molecule has 0 saturated heterocycles. The molecule has 82 valence electrons. The van der Waals surface area contributed by atoms with Crippen molar-refractivity contribution in [3.63, 3.8) is 0 Å². The van der Waals surface area contributed by atoms with Crippen LogP contribution >= 0.6 is 0 Å².